The molecule has 22 heavy (non-hydrogen) atoms. The van der Waals surface area contributed by atoms with Crippen molar-refractivity contribution in [3.8, 4) is 0 Å². The molecular formula is C14H15ClN2O3S2. The lowest BCUT2D eigenvalue weighted by Crippen LogP contribution is -2.25. The first-order valence-electron chi connectivity index (χ1n) is 6.43. The van der Waals surface area contributed by atoms with Gasteiger partial charge in [0.2, 0.25) is 10.0 Å². The summed E-state index contributed by atoms with van der Waals surface area (Å²) in [5, 5.41) is 3.46. The maximum Gasteiger partial charge on any atom is 0.261 e. The van der Waals surface area contributed by atoms with Gasteiger partial charge >= 0.3 is 0 Å². The molecular weight excluding hydrogens is 344 g/mol. The van der Waals surface area contributed by atoms with E-state index in [-0.39, 0.29) is 16.2 Å². The molecule has 1 heterocycles. The third-order valence-electron chi connectivity index (χ3n) is 3.06. The van der Waals surface area contributed by atoms with Crippen molar-refractivity contribution in [2.75, 3.05) is 7.05 Å². The van der Waals surface area contributed by atoms with E-state index in [1.807, 2.05) is 19.1 Å². The molecule has 2 N–H and O–H groups in total. The number of hydrogen-bond acceptors (Lipinski definition) is 4. The maximum atomic E-state index is 12.2. The molecule has 0 saturated carbocycles. The predicted molar refractivity (Wildman–Crippen MR) is 87.9 cm³/mol. The Labute approximate surface area is 138 Å². The zero-order valence-corrected chi connectivity index (χ0v) is 14.3. The standard InChI is InChI=1S/C14H15ClN2O3S2/c1-9(10-3-5-11(15)6-4-10)17-14(18)12-7-8-13(21-12)22(19,20)16-2/h3-9,16H,1-2H3,(H,17,18)/t9-/m0/s1. The van der Waals surface area contributed by atoms with E-state index in [2.05, 4.69) is 10.0 Å². The van der Waals surface area contributed by atoms with Crippen molar-refractivity contribution in [1.29, 1.82) is 0 Å². The van der Waals surface area contributed by atoms with E-state index in [9.17, 15) is 13.2 Å². The second kappa shape index (κ2) is 6.78. The van der Waals surface area contributed by atoms with Gasteiger partial charge in [-0.2, -0.15) is 0 Å². The van der Waals surface area contributed by atoms with E-state index in [1.165, 1.54) is 19.2 Å². The van der Waals surface area contributed by atoms with Crippen molar-refractivity contribution < 1.29 is 13.2 Å². The first kappa shape index (κ1) is 17.0. The molecule has 0 saturated heterocycles. The Kier molecular flexibility index (Phi) is 5.23. The van der Waals surface area contributed by atoms with E-state index in [0.717, 1.165) is 16.9 Å². The van der Waals surface area contributed by atoms with Crippen LogP contribution >= 0.6 is 22.9 Å². The third-order valence-corrected chi connectivity index (χ3v) is 6.30. The number of amides is 1. The zero-order valence-electron chi connectivity index (χ0n) is 12.0. The SMILES string of the molecule is CNS(=O)(=O)c1ccc(C(=O)N[C@@H](C)c2ccc(Cl)cc2)s1. The number of benzene rings is 1. The summed E-state index contributed by atoms with van der Waals surface area (Å²) in [6.07, 6.45) is 0. The van der Waals surface area contributed by atoms with Gasteiger partial charge in [-0.15, -0.1) is 11.3 Å². The Balaban J connectivity index is 2.11. The molecule has 0 radical (unpaired) electrons. The van der Waals surface area contributed by atoms with E-state index < -0.39 is 10.0 Å². The Morgan fingerprint density at radius 3 is 2.41 bits per heavy atom. The highest BCUT2D eigenvalue weighted by molar-refractivity contribution is 7.91. The second-order valence-electron chi connectivity index (χ2n) is 4.57. The van der Waals surface area contributed by atoms with E-state index >= 15 is 0 Å². The highest BCUT2D eigenvalue weighted by Crippen LogP contribution is 2.22. The lowest BCUT2D eigenvalue weighted by molar-refractivity contribution is 0.0944. The molecule has 0 spiro atoms. The number of carbonyl (C=O) groups is 1. The van der Waals surface area contributed by atoms with Crippen LogP contribution in [0.5, 0.6) is 0 Å². The van der Waals surface area contributed by atoms with Crippen molar-refractivity contribution in [2.45, 2.75) is 17.2 Å². The van der Waals surface area contributed by atoms with Crippen molar-refractivity contribution in [2.24, 2.45) is 0 Å². The number of halogens is 1. The molecule has 1 aromatic carbocycles. The molecule has 0 unspecified atom stereocenters. The van der Waals surface area contributed by atoms with Crippen LogP contribution in [0.25, 0.3) is 0 Å². The molecule has 0 aliphatic heterocycles. The summed E-state index contributed by atoms with van der Waals surface area (Å²) < 4.78 is 25.7. The van der Waals surface area contributed by atoms with Crippen LogP contribution in [0.3, 0.4) is 0 Å². The van der Waals surface area contributed by atoms with Crippen molar-refractivity contribution >= 4 is 38.9 Å². The minimum Gasteiger partial charge on any atom is -0.345 e. The van der Waals surface area contributed by atoms with E-state index in [1.54, 1.807) is 12.1 Å². The molecule has 0 bridgehead atoms. The summed E-state index contributed by atoms with van der Waals surface area (Å²) in [5.41, 5.74) is 0.914. The molecule has 0 aliphatic carbocycles. The summed E-state index contributed by atoms with van der Waals surface area (Å²) in [6.45, 7) is 1.85. The largest absolute Gasteiger partial charge is 0.345 e. The fraction of sp³-hybridized carbons (Fsp3) is 0.214. The first-order valence-corrected chi connectivity index (χ1v) is 9.11. The van der Waals surface area contributed by atoms with Crippen LogP contribution in [0.2, 0.25) is 5.02 Å². The predicted octanol–water partition coefficient (Wildman–Crippen LogP) is 2.80. The molecule has 0 aliphatic rings. The molecule has 0 fully saturated rings. The molecule has 118 valence electrons. The van der Waals surface area contributed by atoms with Crippen LogP contribution in [0.4, 0.5) is 0 Å². The summed E-state index contributed by atoms with van der Waals surface area (Å²) in [6, 6.07) is 9.87. The molecule has 2 rings (SSSR count). The van der Waals surface area contributed by atoms with Crippen LogP contribution in [-0.2, 0) is 10.0 Å². The Bertz CT molecular complexity index is 770. The average molecular weight is 359 g/mol. The summed E-state index contributed by atoms with van der Waals surface area (Å²) in [4.78, 5) is 12.5. The first-order chi connectivity index (χ1) is 10.3. The monoisotopic (exact) mass is 358 g/mol. The van der Waals surface area contributed by atoms with Crippen molar-refractivity contribution in [3.05, 3.63) is 51.9 Å². The summed E-state index contributed by atoms with van der Waals surface area (Å²) >= 11 is 6.76. The van der Waals surface area contributed by atoms with Crippen LogP contribution in [0.1, 0.15) is 28.2 Å². The minimum atomic E-state index is -3.52. The van der Waals surface area contributed by atoms with E-state index in [0.29, 0.717) is 9.90 Å². The molecule has 1 amide bonds. The normalized spacial score (nSPS) is 12.9. The van der Waals surface area contributed by atoms with Gasteiger partial charge in [0.05, 0.1) is 10.9 Å². The maximum absolute atomic E-state index is 12.2. The Morgan fingerprint density at radius 2 is 1.82 bits per heavy atom. The van der Waals surface area contributed by atoms with Crippen LogP contribution < -0.4 is 10.0 Å². The van der Waals surface area contributed by atoms with Crippen molar-refractivity contribution in [3.63, 3.8) is 0 Å². The smallest absolute Gasteiger partial charge is 0.261 e. The van der Waals surface area contributed by atoms with Gasteiger partial charge in [0, 0.05) is 5.02 Å². The average Bonchev–Trinajstić information content (AvgIpc) is 2.98. The number of carbonyl (C=O) groups excluding carboxylic acids is 1. The molecule has 8 heteroatoms. The molecule has 1 atom stereocenters. The van der Waals surface area contributed by atoms with Crippen molar-refractivity contribution in [1.82, 2.24) is 10.0 Å². The van der Waals surface area contributed by atoms with Crippen LogP contribution in [-0.4, -0.2) is 21.4 Å². The molecule has 5 nitrogen and oxygen atoms in total. The van der Waals surface area contributed by atoms with E-state index in [4.69, 9.17) is 11.6 Å². The van der Waals surface area contributed by atoms with Gasteiger partial charge in [0.25, 0.3) is 5.91 Å². The number of nitrogens with one attached hydrogen (secondary N) is 2. The lowest BCUT2D eigenvalue weighted by Gasteiger charge is -2.13. The zero-order chi connectivity index (χ0) is 16.3. The van der Waals surface area contributed by atoms with Crippen LogP contribution in [0.15, 0.2) is 40.6 Å². The lowest BCUT2D eigenvalue weighted by atomic mass is 10.1. The number of rotatable bonds is 5. The minimum absolute atomic E-state index is 0.110. The van der Waals surface area contributed by atoms with Gasteiger partial charge in [0.15, 0.2) is 0 Å². The van der Waals surface area contributed by atoms with Gasteiger partial charge in [-0.3, -0.25) is 4.79 Å². The fourth-order valence-electron chi connectivity index (χ4n) is 1.79. The quantitative estimate of drug-likeness (QED) is 0.863. The highest BCUT2D eigenvalue weighted by atomic mass is 35.5. The van der Waals surface area contributed by atoms with Gasteiger partial charge < -0.3 is 5.32 Å². The number of thiophene rings is 1. The number of hydrogen-bond donors (Lipinski definition) is 2. The summed E-state index contributed by atoms with van der Waals surface area (Å²) in [5.74, 6) is -0.315. The third kappa shape index (κ3) is 3.86. The second-order valence-corrected chi connectivity index (χ2v) is 8.21. The summed E-state index contributed by atoms with van der Waals surface area (Å²) in [7, 11) is -2.19. The fourth-order valence-corrected chi connectivity index (χ4v) is 3.96. The molecule has 1 aromatic heterocycles. The van der Waals surface area contributed by atoms with Crippen LogP contribution in [0, 0.1) is 0 Å². The number of sulfonamides is 1. The van der Waals surface area contributed by atoms with Gasteiger partial charge in [-0.1, -0.05) is 23.7 Å². The highest BCUT2D eigenvalue weighted by Gasteiger charge is 2.18. The molecule has 2 aromatic rings. The Hall–Kier alpha value is -1.41. The Morgan fingerprint density at radius 1 is 1.18 bits per heavy atom. The topological polar surface area (TPSA) is 75.3 Å². The van der Waals surface area contributed by atoms with Gasteiger partial charge in [-0.25, -0.2) is 13.1 Å². The van der Waals surface area contributed by atoms with Gasteiger partial charge in [-0.05, 0) is 43.8 Å². The van der Waals surface area contributed by atoms with Gasteiger partial charge in [0.1, 0.15) is 4.21 Å².